The van der Waals surface area contributed by atoms with Crippen molar-refractivity contribution in [3.63, 3.8) is 0 Å². The molecule has 0 unspecified atom stereocenters. The van der Waals surface area contributed by atoms with Gasteiger partial charge in [-0.05, 0) is 18.2 Å². The van der Waals surface area contributed by atoms with Crippen LogP contribution in [0.15, 0.2) is 18.2 Å². The lowest BCUT2D eigenvalue weighted by Gasteiger charge is -2.12. The van der Waals surface area contributed by atoms with Crippen LogP contribution in [0.5, 0.6) is 5.75 Å². The van der Waals surface area contributed by atoms with Gasteiger partial charge in [0.05, 0.1) is 0 Å². The Morgan fingerprint density at radius 2 is 1.89 bits per heavy atom. The number of ether oxygens (including phenoxy) is 1. The molecule has 0 fully saturated rings. The van der Waals surface area contributed by atoms with E-state index in [9.17, 15) is 26.7 Å². The highest BCUT2D eigenvalue weighted by molar-refractivity contribution is 6.19. The molecule has 0 N–H and O–H groups in total. The van der Waals surface area contributed by atoms with Crippen molar-refractivity contribution >= 4 is 17.4 Å². The maximum atomic E-state index is 12.5. The molecule has 0 saturated heterocycles. The van der Waals surface area contributed by atoms with Crippen molar-refractivity contribution in [2.45, 2.75) is 19.2 Å². The van der Waals surface area contributed by atoms with Gasteiger partial charge in [-0.25, -0.2) is 8.78 Å². The van der Waals surface area contributed by atoms with Crippen LogP contribution in [0.2, 0.25) is 0 Å². The van der Waals surface area contributed by atoms with E-state index in [0.29, 0.717) is 6.07 Å². The third-order valence-electron chi connectivity index (χ3n) is 2.06. The van der Waals surface area contributed by atoms with Gasteiger partial charge in [0.15, 0.2) is 5.78 Å². The molecule has 8 heteroatoms. The van der Waals surface area contributed by atoms with Gasteiger partial charge in [-0.15, -0.1) is 24.8 Å². The lowest BCUT2D eigenvalue weighted by molar-refractivity contribution is -0.274. The molecular formula is C11H8ClF5O2. The van der Waals surface area contributed by atoms with Crippen molar-refractivity contribution < 1.29 is 31.5 Å². The molecule has 0 aliphatic rings. The van der Waals surface area contributed by atoms with Gasteiger partial charge < -0.3 is 4.74 Å². The van der Waals surface area contributed by atoms with Gasteiger partial charge in [-0.3, -0.25) is 4.79 Å². The van der Waals surface area contributed by atoms with Crippen LogP contribution in [0, 0.1) is 0 Å². The number of carbonyl (C=O) groups excluding carboxylic acids is 1. The number of hydrogen-bond donors (Lipinski definition) is 0. The number of rotatable bonds is 5. The van der Waals surface area contributed by atoms with Crippen molar-refractivity contribution in [1.29, 1.82) is 0 Å². The highest BCUT2D eigenvalue weighted by Gasteiger charge is 2.31. The third kappa shape index (κ3) is 5.02. The van der Waals surface area contributed by atoms with Gasteiger partial charge in [-0.1, -0.05) is 0 Å². The summed E-state index contributed by atoms with van der Waals surface area (Å²) in [5, 5.41) is 0. The Balaban J connectivity index is 3.14. The van der Waals surface area contributed by atoms with Crippen LogP contribution < -0.4 is 4.74 Å². The first-order valence-electron chi connectivity index (χ1n) is 5.01. The van der Waals surface area contributed by atoms with Gasteiger partial charge in [0.25, 0.3) is 6.43 Å². The topological polar surface area (TPSA) is 26.3 Å². The predicted molar refractivity (Wildman–Crippen MR) is 57.7 cm³/mol. The summed E-state index contributed by atoms with van der Waals surface area (Å²) in [5.41, 5.74) is -1.02. The fourth-order valence-electron chi connectivity index (χ4n) is 1.33. The minimum atomic E-state index is -5.02. The molecule has 0 aliphatic heterocycles. The van der Waals surface area contributed by atoms with Crippen LogP contribution in [0.25, 0.3) is 0 Å². The van der Waals surface area contributed by atoms with E-state index in [0.717, 1.165) is 12.1 Å². The molecule has 0 atom stereocenters. The molecule has 0 radical (unpaired) electrons. The largest absolute Gasteiger partial charge is 0.573 e. The molecular weight excluding hydrogens is 295 g/mol. The first-order valence-corrected chi connectivity index (χ1v) is 5.54. The molecule has 0 heterocycles. The molecule has 2 nitrogen and oxygen atoms in total. The second-order valence-corrected chi connectivity index (χ2v) is 3.88. The fourth-order valence-corrected chi connectivity index (χ4v) is 1.50. The highest BCUT2D eigenvalue weighted by Crippen LogP contribution is 2.29. The molecule has 1 rings (SSSR count). The molecule has 19 heavy (non-hydrogen) atoms. The standard InChI is InChI=1S/C11H8ClF5O2/c12-2-1-9(18)6-3-7(10(13)14)5-8(4-6)19-11(15,16)17/h3-5,10H,1-2H2. The number of ketones is 1. The normalized spacial score (nSPS) is 11.7. The third-order valence-corrected chi connectivity index (χ3v) is 2.25. The number of Topliss-reactive ketones (excluding diaryl/α,β-unsaturated/α-hetero) is 1. The molecule has 0 spiro atoms. The number of halogens is 6. The smallest absolute Gasteiger partial charge is 0.406 e. The van der Waals surface area contributed by atoms with E-state index in [-0.39, 0.29) is 17.9 Å². The summed E-state index contributed by atoms with van der Waals surface area (Å²) >= 11 is 5.31. The van der Waals surface area contributed by atoms with Crippen LogP contribution in [0.4, 0.5) is 22.0 Å². The monoisotopic (exact) mass is 302 g/mol. The lowest BCUT2D eigenvalue weighted by Crippen LogP contribution is -2.17. The molecule has 1 aromatic carbocycles. The SMILES string of the molecule is O=C(CCCl)c1cc(OC(F)(F)F)cc(C(F)F)c1. The summed E-state index contributed by atoms with van der Waals surface area (Å²) in [5.74, 6) is -1.56. The average molecular weight is 303 g/mol. The number of carbonyl (C=O) groups is 1. The van der Waals surface area contributed by atoms with E-state index in [4.69, 9.17) is 11.6 Å². The van der Waals surface area contributed by atoms with Crippen LogP contribution in [0.1, 0.15) is 28.8 Å². The van der Waals surface area contributed by atoms with E-state index >= 15 is 0 Å². The van der Waals surface area contributed by atoms with E-state index in [1.165, 1.54) is 0 Å². The zero-order chi connectivity index (χ0) is 14.6. The zero-order valence-electron chi connectivity index (χ0n) is 9.31. The van der Waals surface area contributed by atoms with Crippen molar-refractivity contribution in [3.05, 3.63) is 29.3 Å². The highest BCUT2D eigenvalue weighted by atomic mass is 35.5. The van der Waals surface area contributed by atoms with Crippen LogP contribution in [-0.2, 0) is 0 Å². The summed E-state index contributed by atoms with van der Waals surface area (Å²) in [6, 6.07) is 2.12. The minimum Gasteiger partial charge on any atom is -0.406 e. The average Bonchev–Trinajstić information content (AvgIpc) is 2.26. The van der Waals surface area contributed by atoms with Crippen molar-refractivity contribution in [2.24, 2.45) is 0 Å². The maximum absolute atomic E-state index is 12.5. The molecule has 106 valence electrons. The van der Waals surface area contributed by atoms with Gasteiger partial charge in [0.1, 0.15) is 5.75 Å². The summed E-state index contributed by atoms with van der Waals surface area (Å²) in [4.78, 5) is 11.5. The van der Waals surface area contributed by atoms with Gasteiger partial charge in [0, 0.05) is 23.4 Å². The van der Waals surface area contributed by atoms with Crippen LogP contribution in [-0.4, -0.2) is 18.0 Å². The Hall–Kier alpha value is -1.37. The Labute approximate surface area is 110 Å². The molecule has 0 bridgehead atoms. The minimum absolute atomic E-state index is 0.0623. The quantitative estimate of drug-likeness (QED) is 0.459. The predicted octanol–water partition coefficient (Wildman–Crippen LogP) is 4.33. The van der Waals surface area contributed by atoms with Crippen molar-refractivity contribution in [3.8, 4) is 5.75 Å². The summed E-state index contributed by atoms with van der Waals surface area (Å²) in [6.07, 6.45) is -8.20. The molecule has 0 aromatic heterocycles. The van der Waals surface area contributed by atoms with E-state index in [1.54, 1.807) is 0 Å². The maximum Gasteiger partial charge on any atom is 0.573 e. The van der Waals surface area contributed by atoms with E-state index in [2.05, 4.69) is 4.74 Å². The van der Waals surface area contributed by atoms with Crippen molar-refractivity contribution in [2.75, 3.05) is 5.88 Å². The first kappa shape index (κ1) is 15.7. The molecule has 0 aliphatic carbocycles. The first-order chi connectivity index (χ1) is 8.73. The zero-order valence-corrected chi connectivity index (χ0v) is 10.1. The fraction of sp³-hybridized carbons (Fsp3) is 0.364. The Morgan fingerprint density at radius 1 is 1.26 bits per heavy atom. The molecule has 0 saturated carbocycles. The van der Waals surface area contributed by atoms with E-state index < -0.39 is 29.9 Å². The summed E-state index contributed by atoms with van der Waals surface area (Å²) in [7, 11) is 0. The Morgan fingerprint density at radius 3 is 2.37 bits per heavy atom. The number of alkyl halides is 6. The second-order valence-electron chi connectivity index (χ2n) is 3.50. The second kappa shape index (κ2) is 6.18. The summed E-state index contributed by atoms with van der Waals surface area (Å²) in [6.45, 7) is 0. The van der Waals surface area contributed by atoms with Crippen LogP contribution >= 0.6 is 11.6 Å². The molecule has 0 amide bonds. The van der Waals surface area contributed by atoms with Crippen LogP contribution in [0.3, 0.4) is 0 Å². The van der Waals surface area contributed by atoms with Gasteiger partial charge in [0.2, 0.25) is 0 Å². The van der Waals surface area contributed by atoms with Gasteiger partial charge >= 0.3 is 6.36 Å². The van der Waals surface area contributed by atoms with Gasteiger partial charge in [-0.2, -0.15) is 0 Å². The molecule has 1 aromatic rings. The number of hydrogen-bond acceptors (Lipinski definition) is 2. The number of benzene rings is 1. The lowest BCUT2D eigenvalue weighted by atomic mass is 10.1. The summed E-state index contributed by atoms with van der Waals surface area (Å²) < 4.78 is 64.7. The van der Waals surface area contributed by atoms with Crippen molar-refractivity contribution in [1.82, 2.24) is 0 Å². The van der Waals surface area contributed by atoms with E-state index in [1.807, 2.05) is 0 Å². The Kier molecular flexibility index (Phi) is 5.11. The Bertz CT molecular complexity index is 459.